The third kappa shape index (κ3) is 5.50. The molecular weight excluding hydrogens is 292 g/mol. The van der Waals surface area contributed by atoms with Crippen LogP contribution >= 0.6 is 0 Å². The van der Waals surface area contributed by atoms with Crippen LogP contribution in [0.4, 0.5) is 0 Å². The van der Waals surface area contributed by atoms with E-state index < -0.39 is 0 Å². The quantitative estimate of drug-likeness (QED) is 0.601. The molecule has 0 aliphatic rings. The molecule has 0 aliphatic heterocycles. The zero-order valence-electron chi connectivity index (χ0n) is 13.5. The first-order valence-electron chi connectivity index (χ1n) is 7.37. The first kappa shape index (κ1) is 16.6. The number of aromatic nitrogens is 1. The Morgan fingerprint density at radius 1 is 1.13 bits per heavy atom. The van der Waals surface area contributed by atoms with Gasteiger partial charge in [0.05, 0.1) is 20.8 Å². The van der Waals surface area contributed by atoms with Gasteiger partial charge in [-0.15, -0.1) is 0 Å². The van der Waals surface area contributed by atoms with E-state index in [9.17, 15) is 0 Å². The Morgan fingerprint density at radius 2 is 1.91 bits per heavy atom. The maximum Gasteiger partial charge on any atom is 0.213 e. The normalized spacial score (nSPS) is 11.1. The van der Waals surface area contributed by atoms with Crippen LogP contribution in [0.5, 0.6) is 11.6 Å². The summed E-state index contributed by atoms with van der Waals surface area (Å²) < 4.78 is 10.2. The number of nitrogens with two attached hydrogens (primary N) is 1. The minimum absolute atomic E-state index is 0.425. The van der Waals surface area contributed by atoms with Gasteiger partial charge < -0.3 is 20.5 Å². The average molecular weight is 314 g/mol. The molecule has 3 N–H and O–H groups in total. The third-order valence-corrected chi connectivity index (χ3v) is 3.32. The van der Waals surface area contributed by atoms with Gasteiger partial charge in [0, 0.05) is 18.8 Å². The molecule has 2 rings (SSSR count). The van der Waals surface area contributed by atoms with Crippen LogP contribution in [0, 0.1) is 0 Å². The molecule has 23 heavy (non-hydrogen) atoms. The van der Waals surface area contributed by atoms with Crippen LogP contribution < -0.4 is 20.5 Å². The Morgan fingerprint density at radius 3 is 2.61 bits per heavy atom. The fourth-order valence-electron chi connectivity index (χ4n) is 2.02. The highest BCUT2D eigenvalue weighted by atomic mass is 16.5. The molecule has 6 nitrogen and oxygen atoms in total. The van der Waals surface area contributed by atoms with E-state index in [2.05, 4.69) is 15.3 Å². The largest absolute Gasteiger partial charge is 0.497 e. The molecule has 0 amide bonds. The monoisotopic (exact) mass is 314 g/mol. The number of nitrogens with one attached hydrogen (secondary N) is 1. The molecular formula is C17H22N4O2. The van der Waals surface area contributed by atoms with Crippen molar-refractivity contribution in [2.45, 2.75) is 13.0 Å². The molecule has 1 aromatic carbocycles. The number of benzene rings is 1. The lowest BCUT2D eigenvalue weighted by Crippen LogP contribution is -2.33. The van der Waals surface area contributed by atoms with Gasteiger partial charge in [0.1, 0.15) is 5.75 Å². The van der Waals surface area contributed by atoms with Crippen molar-refractivity contribution >= 4 is 5.96 Å². The first-order valence-corrected chi connectivity index (χ1v) is 7.37. The smallest absolute Gasteiger partial charge is 0.213 e. The van der Waals surface area contributed by atoms with Gasteiger partial charge in [-0.25, -0.2) is 9.98 Å². The number of ether oxygens (including phenoxy) is 2. The van der Waals surface area contributed by atoms with Gasteiger partial charge >= 0.3 is 0 Å². The predicted octanol–water partition coefficient (Wildman–Crippen LogP) is 1.75. The van der Waals surface area contributed by atoms with Crippen molar-refractivity contribution in [1.82, 2.24) is 10.3 Å². The Kier molecular flexibility index (Phi) is 6.23. The summed E-state index contributed by atoms with van der Waals surface area (Å²) in [4.78, 5) is 8.36. The number of aliphatic imine (C=N–C) groups is 1. The Hall–Kier alpha value is -2.76. The van der Waals surface area contributed by atoms with E-state index in [1.54, 1.807) is 20.4 Å². The zero-order valence-corrected chi connectivity index (χ0v) is 13.5. The highest BCUT2D eigenvalue weighted by molar-refractivity contribution is 5.77. The van der Waals surface area contributed by atoms with Crippen LogP contribution in [0.3, 0.4) is 0 Å². The van der Waals surface area contributed by atoms with Crippen LogP contribution in [-0.4, -0.2) is 31.7 Å². The van der Waals surface area contributed by atoms with Gasteiger partial charge in [-0.3, -0.25) is 0 Å². The number of guanidine groups is 1. The van der Waals surface area contributed by atoms with Gasteiger partial charge in [-0.1, -0.05) is 12.1 Å². The summed E-state index contributed by atoms with van der Waals surface area (Å²) >= 11 is 0. The van der Waals surface area contributed by atoms with Crippen molar-refractivity contribution in [2.24, 2.45) is 10.7 Å². The molecule has 0 bridgehead atoms. The molecule has 122 valence electrons. The van der Waals surface area contributed by atoms with E-state index >= 15 is 0 Å². The average Bonchev–Trinajstić information content (AvgIpc) is 2.61. The second kappa shape index (κ2) is 8.63. The van der Waals surface area contributed by atoms with Gasteiger partial charge in [-0.2, -0.15) is 0 Å². The van der Waals surface area contributed by atoms with Crippen molar-refractivity contribution in [1.29, 1.82) is 0 Å². The van der Waals surface area contributed by atoms with Crippen molar-refractivity contribution in [2.75, 3.05) is 20.8 Å². The summed E-state index contributed by atoms with van der Waals surface area (Å²) in [5, 5.41) is 3.11. The lowest BCUT2D eigenvalue weighted by molar-refractivity contribution is 0.397. The van der Waals surface area contributed by atoms with Crippen molar-refractivity contribution in [3.63, 3.8) is 0 Å². The molecule has 0 saturated carbocycles. The lowest BCUT2D eigenvalue weighted by atomic mass is 10.1. The van der Waals surface area contributed by atoms with Crippen LogP contribution in [-0.2, 0) is 13.0 Å². The molecule has 2 aromatic rings. The molecule has 1 aromatic heterocycles. The SMILES string of the molecule is COc1ccc(CCNC(N)=NCc2ccnc(OC)c2)cc1. The Labute approximate surface area is 136 Å². The lowest BCUT2D eigenvalue weighted by Gasteiger charge is -2.07. The summed E-state index contributed by atoms with van der Waals surface area (Å²) in [6.07, 6.45) is 2.56. The van der Waals surface area contributed by atoms with E-state index in [1.807, 2.05) is 36.4 Å². The summed E-state index contributed by atoms with van der Waals surface area (Å²) in [5.41, 5.74) is 8.08. The summed E-state index contributed by atoms with van der Waals surface area (Å²) in [5.74, 6) is 1.86. The summed E-state index contributed by atoms with van der Waals surface area (Å²) in [6, 6.07) is 11.7. The number of rotatable bonds is 7. The van der Waals surface area contributed by atoms with Gasteiger partial charge in [0.25, 0.3) is 0 Å². The van der Waals surface area contributed by atoms with Crippen LogP contribution in [0.25, 0.3) is 0 Å². The number of methoxy groups -OCH3 is 2. The van der Waals surface area contributed by atoms with E-state index in [4.69, 9.17) is 15.2 Å². The van der Waals surface area contributed by atoms with Crippen molar-refractivity contribution in [3.8, 4) is 11.6 Å². The van der Waals surface area contributed by atoms with Crippen molar-refractivity contribution < 1.29 is 9.47 Å². The fraction of sp³-hybridized carbons (Fsp3) is 0.294. The molecule has 0 atom stereocenters. The summed E-state index contributed by atoms with van der Waals surface area (Å²) in [7, 11) is 3.25. The topological polar surface area (TPSA) is 81.8 Å². The number of hydrogen-bond acceptors (Lipinski definition) is 4. The van der Waals surface area contributed by atoms with Gasteiger partial charge in [-0.05, 0) is 35.7 Å². The van der Waals surface area contributed by atoms with Crippen LogP contribution in [0.1, 0.15) is 11.1 Å². The van der Waals surface area contributed by atoms with E-state index in [0.717, 1.165) is 24.3 Å². The first-order chi connectivity index (χ1) is 11.2. The van der Waals surface area contributed by atoms with Crippen LogP contribution in [0.15, 0.2) is 47.6 Å². The third-order valence-electron chi connectivity index (χ3n) is 3.32. The van der Waals surface area contributed by atoms with Gasteiger partial charge in [0.15, 0.2) is 5.96 Å². The number of nitrogens with zero attached hydrogens (tertiary/aromatic N) is 2. The van der Waals surface area contributed by atoms with Gasteiger partial charge in [0.2, 0.25) is 5.88 Å². The molecule has 0 radical (unpaired) electrons. The Bertz CT molecular complexity index is 641. The zero-order chi connectivity index (χ0) is 16.5. The van der Waals surface area contributed by atoms with E-state index in [-0.39, 0.29) is 0 Å². The Balaban J connectivity index is 1.78. The molecule has 6 heteroatoms. The standard InChI is InChI=1S/C17H22N4O2/c1-22-15-5-3-13(4-6-15)7-10-20-17(18)21-12-14-8-9-19-16(11-14)23-2/h3-6,8-9,11H,7,10,12H2,1-2H3,(H3,18,20,21). The molecule has 0 aliphatic carbocycles. The minimum Gasteiger partial charge on any atom is -0.497 e. The second-order valence-electron chi connectivity index (χ2n) is 4.93. The highest BCUT2D eigenvalue weighted by Gasteiger charge is 1.98. The molecule has 0 fully saturated rings. The van der Waals surface area contributed by atoms with E-state index in [0.29, 0.717) is 18.4 Å². The fourth-order valence-corrected chi connectivity index (χ4v) is 2.02. The maximum absolute atomic E-state index is 5.87. The van der Waals surface area contributed by atoms with Crippen molar-refractivity contribution in [3.05, 3.63) is 53.7 Å². The highest BCUT2D eigenvalue weighted by Crippen LogP contribution is 2.11. The summed E-state index contributed by atoms with van der Waals surface area (Å²) in [6.45, 7) is 1.21. The van der Waals surface area contributed by atoms with E-state index in [1.165, 1.54) is 5.56 Å². The molecule has 0 saturated heterocycles. The minimum atomic E-state index is 0.425. The molecule has 0 unspecified atom stereocenters. The maximum atomic E-state index is 5.87. The number of pyridine rings is 1. The van der Waals surface area contributed by atoms with Crippen LogP contribution in [0.2, 0.25) is 0 Å². The predicted molar refractivity (Wildman–Crippen MR) is 90.8 cm³/mol. The number of hydrogen-bond donors (Lipinski definition) is 2. The molecule has 1 heterocycles. The molecule has 0 spiro atoms. The second-order valence-corrected chi connectivity index (χ2v) is 4.93.